The molecule has 1 aliphatic rings. The Bertz CT molecular complexity index is 556. The first kappa shape index (κ1) is 18.4. The van der Waals surface area contributed by atoms with Crippen molar-refractivity contribution >= 4 is 21.7 Å². The minimum Gasteiger partial charge on any atom is -0.379 e. The van der Waals surface area contributed by atoms with E-state index in [1.54, 1.807) is 0 Å². The fourth-order valence-electron chi connectivity index (χ4n) is 3.48. The first-order valence-electron chi connectivity index (χ1n) is 8.07. The zero-order valence-corrected chi connectivity index (χ0v) is 15.9. The van der Waals surface area contributed by atoms with E-state index in [1.165, 1.54) is 0 Å². The van der Waals surface area contributed by atoms with Gasteiger partial charge in [0.15, 0.2) is 5.78 Å². The molecule has 2 rings (SSSR count). The van der Waals surface area contributed by atoms with Crippen molar-refractivity contribution < 1.29 is 9.53 Å². The number of hydrogen-bond donors (Lipinski definition) is 0. The number of morpholine rings is 1. The van der Waals surface area contributed by atoms with Gasteiger partial charge in [-0.1, -0.05) is 54.9 Å². The van der Waals surface area contributed by atoms with Gasteiger partial charge in [0.25, 0.3) is 0 Å². The normalized spacial score (nSPS) is 19.1. The topological polar surface area (TPSA) is 29.5 Å². The molecule has 1 atom stereocenters. The third-order valence-corrected chi connectivity index (χ3v) is 5.24. The molecule has 0 aliphatic carbocycles. The summed E-state index contributed by atoms with van der Waals surface area (Å²) in [5.41, 5.74) is -0.0776. The van der Waals surface area contributed by atoms with Crippen LogP contribution in [0.4, 0.5) is 0 Å². The van der Waals surface area contributed by atoms with Crippen LogP contribution in [-0.4, -0.2) is 42.5 Å². The SMILES string of the molecule is C=CCC(C(=O)c1ccc(Br)cc1)(N1CCOCC1)C(C)(C)C. The van der Waals surface area contributed by atoms with Gasteiger partial charge in [-0.15, -0.1) is 6.58 Å². The van der Waals surface area contributed by atoms with E-state index in [0.717, 1.165) is 23.1 Å². The quantitative estimate of drug-likeness (QED) is 0.563. The highest BCUT2D eigenvalue weighted by Crippen LogP contribution is 2.42. The first-order chi connectivity index (χ1) is 10.8. The zero-order valence-electron chi connectivity index (χ0n) is 14.3. The van der Waals surface area contributed by atoms with E-state index < -0.39 is 5.54 Å². The molecule has 1 unspecified atom stereocenters. The average Bonchev–Trinajstić information content (AvgIpc) is 2.52. The highest BCUT2D eigenvalue weighted by atomic mass is 79.9. The van der Waals surface area contributed by atoms with E-state index in [0.29, 0.717) is 19.6 Å². The second kappa shape index (κ2) is 7.29. The summed E-state index contributed by atoms with van der Waals surface area (Å²) in [6, 6.07) is 7.65. The molecular formula is C19H26BrNO2. The summed E-state index contributed by atoms with van der Waals surface area (Å²) in [6.07, 6.45) is 2.50. The molecule has 1 saturated heterocycles. The summed E-state index contributed by atoms with van der Waals surface area (Å²) >= 11 is 3.44. The van der Waals surface area contributed by atoms with Crippen LogP contribution in [0.15, 0.2) is 41.4 Å². The molecule has 0 aromatic heterocycles. The van der Waals surface area contributed by atoms with Gasteiger partial charge < -0.3 is 4.74 Å². The number of carbonyl (C=O) groups is 1. The van der Waals surface area contributed by atoms with Gasteiger partial charge in [-0.3, -0.25) is 9.69 Å². The molecule has 0 spiro atoms. The second-order valence-corrected chi connectivity index (χ2v) is 7.95. The van der Waals surface area contributed by atoms with Gasteiger partial charge in [0.2, 0.25) is 0 Å². The fourth-order valence-corrected chi connectivity index (χ4v) is 3.74. The molecule has 1 aliphatic heterocycles. The van der Waals surface area contributed by atoms with Gasteiger partial charge in [-0.05, 0) is 24.0 Å². The molecule has 4 heteroatoms. The average molecular weight is 380 g/mol. The van der Waals surface area contributed by atoms with Gasteiger partial charge in [-0.25, -0.2) is 0 Å². The molecular weight excluding hydrogens is 354 g/mol. The fraction of sp³-hybridized carbons (Fsp3) is 0.526. The van der Waals surface area contributed by atoms with Gasteiger partial charge >= 0.3 is 0 Å². The van der Waals surface area contributed by atoms with Crippen molar-refractivity contribution in [2.75, 3.05) is 26.3 Å². The number of ketones is 1. The van der Waals surface area contributed by atoms with E-state index in [2.05, 4.69) is 48.2 Å². The summed E-state index contributed by atoms with van der Waals surface area (Å²) < 4.78 is 6.48. The van der Waals surface area contributed by atoms with Gasteiger partial charge in [0.1, 0.15) is 0 Å². The standard InChI is InChI=1S/C19H26BrNO2/c1-5-10-19(18(2,3)4,21-11-13-23-14-12-21)17(22)15-6-8-16(20)9-7-15/h5-9H,1,10-14H2,2-4H3. The number of hydrogen-bond acceptors (Lipinski definition) is 3. The Balaban J connectivity index is 2.52. The molecule has 1 aromatic rings. The van der Waals surface area contributed by atoms with Crippen LogP contribution >= 0.6 is 15.9 Å². The highest BCUT2D eigenvalue weighted by molar-refractivity contribution is 9.10. The number of halogens is 1. The number of nitrogens with zero attached hydrogens (tertiary/aromatic N) is 1. The van der Waals surface area contributed by atoms with Crippen LogP contribution < -0.4 is 0 Å². The molecule has 126 valence electrons. The monoisotopic (exact) mass is 379 g/mol. The maximum absolute atomic E-state index is 13.6. The van der Waals surface area contributed by atoms with E-state index in [1.807, 2.05) is 30.3 Å². The van der Waals surface area contributed by atoms with Crippen molar-refractivity contribution in [3.05, 3.63) is 47.0 Å². The number of carbonyl (C=O) groups excluding carboxylic acids is 1. The van der Waals surface area contributed by atoms with Gasteiger partial charge in [0, 0.05) is 23.1 Å². The lowest BCUT2D eigenvalue weighted by atomic mass is 9.66. The highest BCUT2D eigenvalue weighted by Gasteiger charge is 2.52. The summed E-state index contributed by atoms with van der Waals surface area (Å²) in [4.78, 5) is 15.9. The summed E-state index contributed by atoms with van der Waals surface area (Å²) in [6.45, 7) is 13.2. The molecule has 1 fully saturated rings. The van der Waals surface area contributed by atoms with Crippen LogP contribution in [0.3, 0.4) is 0 Å². The van der Waals surface area contributed by atoms with Crippen LogP contribution in [0.5, 0.6) is 0 Å². The Morgan fingerprint density at radius 1 is 1.26 bits per heavy atom. The molecule has 0 N–H and O–H groups in total. The molecule has 1 aromatic carbocycles. The number of benzene rings is 1. The minimum atomic E-state index is -0.605. The molecule has 23 heavy (non-hydrogen) atoms. The Kier molecular flexibility index (Phi) is 5.82. The molecule has 1 heterocycles. The predicted molar refractivity (Wildman–Crippen MR) is 97.9 cm³/mol. The molecule has 3 nitrogen and oxygen atoms in total. The largest absolute Gasteiger partial charge is 0.379 e. The maximum atomic E-state index is 13.6. The smallest absolute Gasteiger partial charge is 0.183 e. The Labute approximate surface area is 147 Å². The summed E-state index contributed by atoms with van der Waals surface area (Å²) in [5.74, 6) is 0.166. The lowest BCUT2D eigenvalue weighted by Gasteiger charge is -2.52. The van der Waals surface area contributed by atoms with Crippen LogP contribution in [0, 0.1) is 5.41 Å². The molecule has 0 saturated carbocycles. The zero-order chi connectivity index (χ0) is 17.1. The van der Waals surface area contributed by atoms with Crippen molar-refractivity contribution in [2.24, 2.45) is 5.41 Å². The van der Waals surface area contributed by atoms with E-state index in [9.17, 15) is 4.79 Å². The number of rotatable bonds is 5. The van der Waals surface area contributed by atoms with Crippen LogP contribution in [0.1, 0.15) is 37.6 Å². The van der Waals surface area contributed by atoms with Crippen LogP contribution in [-0.2, 0) is 4.74 Å². The summed E-state index contributed by atoms with van der Waals surface area (Å²) in [5, 5.41) is 0. The second-order valence-electron chi connectivity index (χ2n) is 7.04. The number of Topliss-reactive ketones (excluding diaryl/α,β-unsaturated/α-hetero) is 1. The van der Waals surface area contributed by atoms with Crippen molar-refractivity contribution in [1.82, 2.24) is 4.90 Å². The Hall–Kier alpha value is -0.970. The van der Waals surface area contributed by atoms with Crippen LogP contribution in [0.25, 0.3) is 0 Å². The van der Waals surface area contributed by atoms with E-state index in [4.69, 9.17) is 4.74 Å². The van der Waals surface area contributed by atoms with Crippen molar-refractivity contribution in [2.45, 2.75) is 32.7 Å². The molecule has 0 amide bonds. The van der Waals surface area contributed by atoms with Crippen molar-refractivity contribution in [1.29, 1.82) is 0 Å². The lowest BCUT2D eigenvalue weighted by Crippen LogP contribution is -2.64. The molecule has 0 bridgehead atoms. The Morgan fingerprint density at radius 2 is 1.83 bits per heavy atom. The third kappa shape index (κ3) is 3.59. The van der Waals surface area contributed by atoms with Crippen molar-refractivity contribution in [3.63, 3.8) is 0 Å². The predicted octanol–water partition coefficient (Wildman–Crippen LogP) is 4.33. The van der Waals surface area contributed by atoms with Crippen molar-refractivity contribution in [3.8, 4) is 0 Å². The maximum Gasteiger partial charge on any atom is 0.183 e. The van der Waals surface area contributed by atoms with E-state index in [-0.39, 0.29) is 11.2 Å². The Morgan fingerprint density at radius 3 is 2.30 bits per heavy atom. The van der Waals surface area contributed by atoms with Gasteiger partial charge in [-0.2, -0.15) is 0 Å². The van der Waals surface area contributed by atoms with Gasteiger partial charge in [0.05, 0.1) is 18.8 Å². The lowest BCUT2D eigenvalue weighted by molar-refractivity contribution is -0.0508. The first-order valence-corrected chi connectivity index (χ1v) is 8.86. The van der Waals surface area contributed by atoms with E-state index >= 15 is 0 Å². The number of ether oxygens (including phenoxy) is 1. The molecule has 0 radical (unpaired) electrons. The third-order valence-electron chi connectivity index (χ3n) is 4.71. The van der Waals surface area contributed by atoms with Crippen LogP contribution in [0.2, 0.25) is 0 Å². The summed E-state index contributed by atoms with van der Waals surface area (Å²) in [7, 11) is 0. The minimum absolute atomic E-state index is 0.166.